The fraction of sp³-hybridized carbons (Fsp3) is 0.429. The lowest BCUT2D eigenvalue weighted by Gasteiger charge is -1.89. The molecule has 1 aliphatic heterocycles. The third-order valence-electron chi connectivity index (χ3n) is 1.21. The highest BCUT2D eigenvalue weighted by molar-refractivity contribution is 5.18. The first-order valence-corrected chi connectivity index (χ1v) is 2.93. The second-order valence-corrected chi connectivity index (χ2v) is 2.01. The van der Waals surface area contributed by atoms with Gasteiger partial charge in [-0.15, -0.1) is 0 Å². The normalized spacial score (nSPS) is 19.9. The van der Waals surface area contributed by atoms with Crippen molar-refractivity contribution >= 4 is 0 Å². The Bertz CT molecular complexity index is 122. The molecule has 0 saturated carbocycles. The highest BCUT2D eigenvalue weighted by Crippen LogP contribution is 1.94. The van der Waals surface area contributed by atoms with Crippen molar-refractivity contribution in [2.75, 3.05) is 13.1 Å². The van der Waals surface area contributed by atoms with Crippen molar-refractivity contribution < 1.29 is 0 Å². The van der Waals surface area contributed by atoms with Gasteiger partial charge in [0.15, 0.2) is 0 Å². The first kappa shape index (κ1) is 5.57. The Morgan fingerprint density at radius 2 is 2.38 bits per heavy atom. The summed E-state index contributed by atoms with van der Waals surface area (Å²) in [4.78, 5) is 0. The quantitative estimate of drug-likeness (QED) is 0.491. The van der Waals surface area contributed by atoms with Crippen molar-refractivity contribution in [3.8, 4) is 0 Å². The van der Waals surface area contributed by atoms with Gasteiger partial charge in [0.25, 0.3) is 0 Å². The van der Waals surface area contributed by atoms with Crippen LogP contribution in [0.15, 0.2) is 23.8 Å². The van der Waals surface area contributed by atoms with Crippen LogP contribution in [-0.2, 0) is 0 Å². The second kappa shape index (κ2) is 2.68. The van der Waals surface area contributed by atoms with Crippen molar-refractivity contribution in [2.24, 2.45) is 0 Å². The van der Waals surface area contributed by atoms with E-state index in [1.165, 1.54) is 5.57 Å². The summed E-state index contributed by atoms with van der Waals surface area (Å²) < 4.78 is 0. The van der Waals surface area contributed by atoms with Gasteiger partial charge in [0.05, 0.1) is 0 Å². The Morgan fingerprint density at radius 1 is 1.50 bits per heavy atom. The summed E-state index contributed by atoms with van der Waals surface area (Å²) >= 11 is 0. The predicted octanol–water partition coefficient (Wildman–Crippen LogP) is 1.09. The highest BCUT2D eigenvalue weighted by atomic mass is 14.8. The lowest BCUT2D eigenvalue weighted by Crippen LogP contribution is -2.11. The van der Waals surface area contributed by atoms with Crippen LogP contribution in [0.5, 0.6) is 0 Å². The molecule has 44 valence electrons. The molecule has 0 bridgehead atoms. The summed E-state index contributed by atoms with van der Waals surface area (Å²) in [6, 6.07) is 0. The van der Waals surface area contributed by atoms with Crippen LogP contribution in [0.1, 0.15) is 6.92 Å². The molecule has 0 aromatic heterocycles. The Morgan fingerprint density at radius 3 is 3.25 bits per heavy atom. The van der Waals surface area contributed by atoms with Gasteiger partial charge in [-0.3, -0.25) is 0 Å². The van der Waals surface area contributed by atoms with E-state index in [0.717, 1.165) is 13.1 Å². The van der Waals surface area contributed by atoms with Gasteiger partial charge in [0, 0.05) is 13.1 Å². The molecule has 1 nitrogen and oxygen atoms in total. The first-order chi connectivity index (χ1) is 3.89. The zero-order valence-electron chi connectivity index (χ0n) is 5.15. The van der Waals surface area contributed by atoms with Crippen LogP contribution in [0.4, 0.5) is 0 Å². The van der Waals surface area contributed by atoms with Crippen LogP contribution in [-0.4, -0.2) is 13.1 Å². The maximum Gasteiger partial charge on any atom is 0.0143 e. The summed E-state index contributed by atoms with van der Waals surface area (Å²) in [6.07, 6.45) is 6.46. The SMILES string of the molecule is CC1=CCNCC=C1. The zero-order valence-corrected chi connectivity index (χ0v) is 5.15. The fourth-order valence-electron chi connectivity index (χ4n) is 0.713. The molecule has 1 aliphatic rings. The molecule has 0 radical (unpaired) electrons. The Balaban J connectivity index is 2.55. The average molecular weight is 109 g/mol. The summed E-state index contributed by atoms with van der Waals surface area (Å²) in [5, 5.41) is 3.21. The van der Waals surface area contributed by atoms with Crippen LogP contribution in [0.25, 0.3) is 0 Å². The van der Waals surface area contributed by atoms with E-state index in [-0.39, 0.29) is 0 Å². The fourth-order valence-corrected chi connectivity index (χ4v) is 0.713. The van der Waals surface area contributed by atoms with Gasteiger partial charge in [0.2, 0.25) is 0 Å². The third kappa shape index (κ3) is 1.51. The van der Waals surface area contributed by atoms with Crippen molar-refractivity contribution in [1.82, 2.24) is 5.32 Å². The van der Waals surface area contributed by atoms with E-state index in [1.807, 2.05) is 0 Å². The molecule has 1 heterocycles. The summed E-state index contributed by atoms with van der Waals surface area (Å²) in [7, 11) is 0. The molecule has 0 fully saturated rings. The maximum absolute atomic E-state index is 3.21. The van der Waals surface area contributed by atoms with Crippen LogP contribution >= 0.6 is 0 Å². The van der Waals surface area contributed by atoms with Gasteiger partial charge in [-0.25, -0.2) is 0 Å². The topological polar surface area (TPSA) is 12.0 Å². The van der Waals surface area contributed by atoms with Gasteiger partial charge in [-0.1, -0.05) is 23.8 Å². The second-order valence-electron chi connectivity index (χ2n) is 2.01. The average Bonchev–Trinajstić information content (AvgIpc) is 1.94. The van der Waals surface area contributed by atoms with Crippen LogP contribution < -0.4 is 5.32 Å². The standard InChI is InChI=1S/C7H11N/c1-7-3-2-5-8-6-4-7/h2-4,8H,5-6H2,1H3. The van der Waals surface area contributed by atoms with E-state index in [1.54, 1.807) is 0 Å². The molecule has 1 heteroatoms. The lowest BCUT2D eigenvalue weighted by molar-refractivity contribution is 0.848. The molecule has 0 aromatic rings. The minimum absolute atomic E-state index is 1.01. The van der Waals surface area contributed by atoms with Gasteiger partial charge in [-0.2, -0.15) is 0 Å². The summed E-state index contributed by atoms with van der Waals surface area (Å²) in [5.41, 5.74) is 1.36. The van der Waals surface area contributed by atoms with Crippen molar-refractivity contribution in [2.45, 2.75) is 6.92 Å². The number of nitrogens with one attached hydrogen (secondary N) is 1. The largest absolute Gasteiger partial charge is 0.310 e. The van der Waals surface area contributed by atoms with Crippen molar-refractivity contribution in [1.29, 1.82) is 0 Å². The van der Waals surface area contributed by atoms with Crippen LogP contribution in [0.3, 0.4) is 0 Å². The van der Waals surface area contributed by atoms with E-state index in [2.05, 4.69) is 30.5 Å². The summed E-state index contributed by atoms with van der Waals surface area (Å²) in [5.74, 6) is 0. The molecule has 0 aliphatic carbocycles. The van der Waals surface area contributed by atoms with E-state index in [9.17, 15) is 0 Å². The Labute approximate surface area is 50.1 Å². The molecule has 8 heavy (non-hydrogen) atoms. The first-order valence-electron chi connectivity index (χ1n) is 2.93. The lowest BCUT2D eigenvalue weighted by atomic mass is 10.3. The molecule has 1 N–H and O–H groups in total. The smallest absolute Gasteiger partial charge is 0.0143 e. The van der Waals surface area contributed by atoms with E-state index in [4.69, 9.17) is 0 Å². The van der Waals surface area contributed by atoms with Gasteiger partial charge >= 0.3 is 0 Å². The van der Waals surface area contributed by atoms with Gasteiger partial charge in [-0.05, 0) is 6.92 Å². The molecular formula is C7H11N. The minimum Gasteiger partial charge on any atom is -0.310 e. The Kier molecular flexibility index (Phi) is 1.86. The molecule has 0 amide bonds. The molecule has 0 atom stereocenters. The number of hydrogen-bond donors (Lipinski definition) is 1. The van der Waals surface area contributed by atoms with E-state index >= 15 is 0 Å². The minimum atomic E-state index is 1.01. The zero-order chi connectivity index (χ0) is 5.82. The predicted molar refractivity (Wildman–Crippen MR) is 35.8 cm³/mol. The maximum atomic E-state index is 3.21. The molecular weight excluding hydrogens is 98.1 g/mol. The van der Waals surface area contributed by atoms with E-state index < -0.39 is 0 Å². The third-order valence-corrected chi connectivity index (χ3v) is 1.21. The van der Waals surface area contributed by atoms with Crippen molar-refractivity contribution in [3.05, 3.63) is 23.8 Å². The van der Waals surface area contributed by atoms with Gasteiger partial charge in [0.1, 0.15) is 0 Å². The van der Waals surface area contributed by atoms with Gasteiger partial charge < -0.3 is 5.32 Å². The number of allylic oxidation sites excluding steroid dienone is 2. The molecule has 0 saturated heterocycles. The van der Waals surface area contributed by atoms with Crippen molar-refractivity contribution in [3.63, 3.8) is 0 Å². The van der Waals surface area contributed by atoms with Crippen LogP contribution in [0.2, 0.25) is 0 Å². The molecule has 1 rings (SSSR count). The Hall–Kier alpha value is -0.560. The monoisotopic (exact) mass is 109 g/mol. The molecule has 0 aromatic carbocycles. The summed E-state index contributed by atoms with van der Waals surface area (Å²) in [6.45, 7) is 4.14. The number of hydrogen-bond acceptors (Lipinski definition) is 1. The molecule has 0 spiro atoms. The highest BCUT2D eigenvalue weighted by Gasteiger charge is 1.85. The molecule has 0 unspecified atom stereocenters. The number of rotatable bonds is 0. The van der Waals surface area contributed by atoms with Crippen LogP contribution in [0, 0.1) is 0 Å². The van der Waals surface area contributed by atoms with E-state index in [0.29, 0.717) is 0 Å².